The van der Waals surface area contributed by atoms with Crippen LogP contribution in [-0.2, 0) is 6.42 Å². The highest BCUT2D eigenvalue weighted by Crippen LogP contribution is 2.35. The van der Waals surface area contributed by atoms with Crippen molar-refractivity contribution in [3.05, 3.63) is 47.0 Å². The molecule has 0 saturated heterocycles. The van der Waals surface area contributed by atoms with Crippen LogP contribution in [-0.4, -0.2) is 5.78 Å². The Balaban J connectivity index is 1.77. The number of aryl methyl sites for hydroxylation is 1. The van der Waals surface area contributed by atoms with E-state index in [0.29, 0.717) is 5.78 Å². The van der Waals surface area contributed by atoms with Gasteiger partial charge in [-0.25, -0.2) is 0 Å². The number of hydrogen-bond acceptors (Lipinski definition) is 1. The van der Waals surface area contributed by atoms with Gasteiger partial charge < -0.3 is 0 Å². The summed E-state index contributed by atoms with van der Waals surface area (Å²) in [4.78, 5) is 12.0. The minimum absolute atomic E-state index is 0.328. The van der Waals surface area contributed by atoms with E-state index in [1.165, 1.54) is 54.0 Å². The van der Waals surface area contributed by atoms with Crippen LogP contribution in [0.2, 0.25) is 0 Å². The van der Waals surface area contributed by atoms with Crippen molar-refractivity contribution in [2.45, 2.75) is 57.3 Å². The van der Waals surface area contributed by atoms with Gasteiger partial charge in [0.2, 0.25) is 0 Å². The molecule has 1 saturated carbocycles. The summed E-state index contributed by atoms with van der Waals surface area (Å²) in [7, 11) is 0. The first-order valence-corrected chi connectivity index (χ1v) is 8.41. The number of carbonyl (C=O) groups excluding carboxylic acids is 1. The molecule has 0 bridgehead atoms. The highest BCUT2D eigenvalue weighted by molar-refractivity contribution is 6.02. The molecule has 2 aromatic rings. The summed E-state index contributed by atoms with van der Waals surface area (Å²) in [6.07, 6.45) is 9.63. The normalized spacial score (nSPS) is 19.7. The number of fused-ring (bicyclic) bond motifs is 2. The van der Waals surface area contributed by atoms with E-state index in [1.54, 1.807) is 0 Å². The lowest BCUT2D eigenvalue weighted by Gasteiger charge is -2.22. The molecule has 0 heterocycles. The van der Waals surface area contributed by atoms with Crippen LogP contribution in [0.5, 0.6) is 0 Å². The Bertz CT molecular complexity index is 692. The summed E-state index contributed by atoms with van der Waals surface area (Å²) in [5.41, 5.74) is 3.74. The van der Waals surface area contributed by atoms with Gasteiger partial charge in [0.1, 0.15) is 0 Å². The Morgan fingerprint density at radius 3 is 2.52 bits per heavy atom. The van der Waals surface area contributed by atoms with Crippen LogP contribution >= 0.6 is 0 Å². The Labute approximate surface area is 126 Å². The summed E-state index contributed by atoms with van der Waals surface area (Å²) in [5.74, 6) is 1.08. The van der Waals surface area contributed by atoms with E-state index in [2.05, 4.69) is 30.3 Å². The van der Waals surface area contributed by atoms with Gasteiger partial charge in [0.25, 0.3) is 0 Å². The van der Waals surface area contributed by atoms with E-state index in [-0.39, 0.29) is 0 Å². The van der Waals surface area contributed by atoms with Gasteiger partial charge in [0, 0.05) is 12.0 Å². The predicted molar refractivity (Wildman–Crippen MR) is 87.0 cm³/mol. The Morgan fingerprint density at radius 2 is 1.67 bits per heavy atom. The fraction of sp³-hybridized carbons (Fsp3) is 0.450. The molecule has 2 aliphatic rings. The number of hydrogen-bond donors (Lipinski definition) is 0. The van der Waals surface area contributed by atoms with E-state index in [9.17, 15) is 4.79 Å². The smallest absolute Gasteiger partial charge is 0.163 e. The molecule has 2 aliphatic carbocycles. The summed E-state index contributed by atoms with van der Waals surface area (Å²) in [6, 6.07) is 11.3. The molecule has 1 heteroatoms. The third-order valence-corrected chi connectivity index (χ3v) is 5.31. The van der Waals surface area contributed by atoms with Gasteiger partial charge in [-0.3, -0.25) is 4.79 Å². The number of ketones is 1. The van der Waals surface area contributed by atoms with Crippen LogP contribution in [0, 0.1) is 0 Å². The number of rotatable bonds is 1. The molecule has 1 nitrogen and oxygen atoms in total. The van der Waals surface area contributed by atoms with Gasteiger partial charge in [0.15, 0.2) is 5.78 Å². The molecule has 108 valence electrons. The second kappa shape index (κ2) is 5.29. The molecule has 0 spiro atoms. The molecule has 0 aromatic heterocycles. The van der Waals surface area contributed by atoms with Crippen molar-refractivity contribution in [2.24, 2.45) is 0 Å². The van der Waals surface area contributed by atoms with Crippen LogP contribution in [0.25, 0.3) is 10.8 Å². The van der Waals surface area contributed by atoms with Crippen molar-refractivity contribution >= 4 is 16.6 Å². The zero-order valence-electron chi connectivity index (χ0n) is 12.5. The highest BCUT2D eigenvalue weighted by Gasteiger charge is 2.19. The van der Waals surface area contributed by atoms with E-state index in [1.807, 2.05) is 0 Å². The Kier molecular flexibility index (Phi) is 3.29. The van der Waals surface area contributed by atoms with E-state index < -0.39 is 0 Å². The molecule has 0 radical (unpaired) electrons. The first-order chi connectivity index (χ1) is 10.3. The quantitative estimate of drug-likeness (QED) is 0.682. The van der Waals surface area contributed by atoms with Crippen molar-refractivity contribution in [3.63, 3.8) is 0 Å². The van der Waals surface area contributed by atoms with Gasteiger partial charge in [-0.2, -0.15) is 0 Å². The van der Waals surface area contributed by atoms with Gasteiger partial charge in [-0.15, -0.1) is 0 Å². The van der Waals surface area contributed by atoms with Gasteiger partial charge in [-0.1, -0.05) is 43.5 Å². The zero-order chi connectivity index (χ0) is 14.2. The average Bonchev–Trinajstić information content (AvgIpc) is 2.54. The lowest BCUT2D eigenvalue weighted by Crippen LogP contribution is -2.10. The number of benzene rings is 2. The molecule has 2 aromatic carbocycles. The van der Waals surface area contributed by atoms with Crippen LogP contribution in [0.4, 0.5) is 0 Å². The van der Waals surface area contributed by atoms with Gasteiger partial charge in [-0.05, 0) is 59.6 Å². The molecule has 1 fully saturated rings. The fourth-order valence-corrected chi connectivity index (χ4v) is 4.09. The van der Waals surface area contributed by atoms with E-state index >= 15 is 0 Å². The Hall–Kier alpha value is -1.63. The third kappa shape index (κ3) is 2.39. The molecule has 0 amide bonds. The van der Waals surface area contributed by atoms with Crippen molar-refractivity contribution in [1.82, 2.24) is 0 Å². The Morgan fingerprint density at radius 1 is 0.810 bits per heavy atom. The van der Waals surface area contributed by atoms with Crippen molar-refractivity contribution < 1.29 is 4.79 Å². The van der Waals surface area contributed by atoms with Crippen LogP contribution in [0.3, 0.4) is 0 Å². The van der Waals surface area contributed by atoms with E-state index in [0.717, 1.165) is 30.7 Å². The van der Waals surface area contributed by atoms with Crippen molar-refractivity contribution in [3.8, 4) is 0 Å². The minimum Gasteiger partial charge on any atom is -0.294 e. The maximum Gasteiger partial charge on any atom is 0.163 e. The molecule has 0 atom stereocenters. The first-order valence-electron chi connectivity index (χ1n) is 8.41. The second-order valence-electron chi connectivity index (χ2n) is 6.73. The highest BCUT2D eigenvalue weighted by atomic mass is 16.1. The molecule has 4 rings (SSSR count). The lowest BCUT2D eigenvalue weighted by molar-refractivity contribution is 0.0972. The summed E-state index contributed by atoms with van der Waals surface area (Å²) < 4.78 is 0. The monoisotopic (exact) mass is 278 g/mol. The predicted octanol–water partition coefficient (Wildman–Crippen LogP) is 5.41. The molecule has 0 aliphatic heterocycles. The van der Waals surface area contributed by atoms with Crippen molar-refractivity contribution in [1.29, 1.82) is 0 Å². The minimum atomic E-state index is 0.328. The maximum absolute atomic E-state index is 12.0. The fourth-order valence-electron chi connectivity index (χ4n) is 4.09. The lowest BCUT2D eigenvalue weighted by atomic mass is 9.82. The topological polar surface area (TPSA) is 17.1 Å². The number of carbonyl (C=O) groups is 1. The molecular formula is C20H22O. The van der Waals surface area contributed by atoms with E-state index in [4.69, 9.17) is 0 Å². The largest absolute Gasteiger partial charge is 0.294 e. The second-order valence-corrected chi connectivity index (χ2v) is 6.73. The summed E-state index contributed by atoms with van der Waals surface area (Å²) in [5, 5.41) is 2.55. The third-order valence-electron chi connectivity index (χ3n) is 5.31. The molecule has 0 unspecified atom stereocenters. The summed E-state index contributed by atoms with van der Waals surface area (Å²) in [6.45, 7) is 0. The standard InChI is InChI=1S/C20H22O/c21-20-8-4-7-17-12-18-11-15(14-5-2-1-3-6-14)9-10-16(18)13-19(17)20/h9-14H,1-8H2. The average molecular weight is 278 g/mol. The van der Waals surface area contributed by atoms with Crippen LogP contribution < -0.4 is 0 Å². The van der Waals surface area contributed by atoms with Gasteiger partial charge in [0.05, 0.1) is 0 Å². The maximum atomic E-state index is 12.0. The van der Waals surface area contributed by atoms with Crippen LogP contribution in [0.15, 0.2) is 30.3 Å². The first kappa shape index (κ1) is 13.1. The molecule has 0 N–H and O–H groups in total. The number of Topliss-reactive ketones (excluding diaryl/α,β-unsaturated/α-hetero) is 1. The molecular weight excluding hydrogens is 256 g/mol. The van der Waals surface area contributed by atoms with Crippen LogP contribution in [0.1, 0.15) is 72.3 Å². The summed E-state index contributed by atoms with van der Waals surface area (Å²) >= 11 is 0. The van der Waals surface area contributed by atoms with Gasteiger partial charge >= 0.3 is 0 Å². The van der Waals surface area contributed by atoms with Crippen molar-refractivity contribution in [2.75, 3.05) is 0 Å². The molecule has 21 heavy (non-hydrogen) atoms. The SMILES string of the molecule is O=C1CCCc2cc3cc(C4CCCCC4)ccc3cc21. The zero-order valence-corrected chi connectivity index (χ0v) is 12.5.